The van der Waals surface area contributed by atoms with Crippen LogP contribution in [0.1, 0.15) is 36.7 Å². The lowest BCUT2D eigenvalue weighted by atomic mass is 9.89. The molecule has 0 bridgehead atoms. The van der Waals surface area contributed by atoms with Gasteiger partial charge in [0.25, 0.3) is 0 Å². The number of hydrogen-bond donors (Lipinski definition) is 1. The van der Waals surface area contributed by atoms with Gasteiger partial charge in [0.15, 0.2) is 0 Å². The first-order valence-electron chi connectivity index (χ1n) is 7.34. The fourth-order valence-electron chi connectivity index (χ4n) is 2.82. The third kappa shape index (κ3) is 2.75. The Kier molecular flexibility index (Phi) is 3.61. The van der Waals surface area contributed by atoms with Crippen molar-refractivity contribution in [3.63, 3.8) is 0 Å². The van der Waals surface area contributed by atoms with Crippen LogP contribution in [0.2, 0.25) is 0 Å². The monoisotopic (exact) mass is 303 g/mol. The van der Waals surface area contributed by atoms with Gasteiger partial charge in [-0.25, -0.2) is 4.98 Å². The van der Waals surface area contributed by atoms with E-state index in [2.05, 4.69) is 21.1 Å². The molecule has 0 spiro atoms. The smallest absolute Gasteiger partial charge is 0.231 e. The minimum absolute atomic E-state index is 0.107. The molecule has 0 aromatic carbocycles. The number of hydrogen-bond acceptors (Lipinski definition) is 3. The van der Waals surface area contributed by atoms with E-state index in [1.165, 1.54) is 0 Å². The SMILES string of the molecule is Cc1cn2c(n1)CCC(NC(=O)C(C)(C)c1cccs1)C2. The molecule has 21 heavy (non-hydrogen) atoms. The van der Waals surface area contributed by atoms with Crippen molar-refractivity contribution in [3.8, 4) is 0 Å². The van der Waals surface area contributed by atoms with Crippen LogP contribution in [-0.2, 0) is 23.2 Å². The van der Waals surface area contributed by atoms with Crippen LogP contribution in [-0.4, -0.2) is 21.5 Å². The molecule has 1 aliphatic heterocycles. The second-order valence-corrected chi connectivity index (χ2v) is 7.21. The van der Waals surface area contributed by atoms with Crippen molar-refractivity contribution in [3.05, 3.63) is 40.1 Å². The molecule has 5 heteroatoms. The van der Waals surface area contributed by atoms with Gasteiger partial charge in [-0.05, 0) is 38.6 Å². The molecule has 2 aromatic rings. The van der Waals surface area contributed by atoms with E-state index in [1.807, 2.05) is 38.3 Å². The number of nitrogens with zero attached hydrogens (tertiary/aromatic N) is 2. The number of thiophene rings is 1. The Bertz CT molecular complexity index is 643. The standard InChI is InChI=1S/C16H21N3OS/c1-11-9-19-10-12(6-7-14(19)17-11)18-15(20)16(2,3)13-5-4-8-21-13/h4-5,8-9,12H,6-7,10H2,1-3H3,(H,18,20). The molecule has 3 rings (SSSR count). The van der Waals surface area contributed by atoms with Gasteiger partial charge >= 0.3 is 0 Å². The summed E-state index contributed by atoms with van der Waals surface area (Å²) in [5.41, 5.74) is 0.579. The molecule has 4 nitrogen and oxygen atoms in total. The zero-order valence-electron chi connectivity index (χ0n) is 12.7. The number of carbonyl (C=O) groups excluding carboxylic acids is 1. The minimum Gasteiger partial charge on any atom is -0.351 e. The van der Waals surface area contributed by atoms with Gasteiger partial charge in [-0.2, -0.15) is 0 Å². The first-order valence-corrected chi connectivity index (χ1v) is 8.22. The van der Waals surface area contributed by atoms with E-state index in [9.17, 15) is 4.79 Å². The van der Waals surface area contributed by atoms with Crippen LogP contribution in [0.4, 0.5) is 0 Å². The van der Waals surface area contributed by atoms with Crippen molar-refractivity contribution < 1.29 is 4.79 Å². The van der Waals surface area contributed by atoms with Crippen LogP contribution in [0.5, 0.6) is 0 Å². The van der Waals surface area contributed by atoms with Gasteiger partial charge < -0.3 is 9.88 Å². The van der Waals surface area contributed by atoms with Crippen LogP contribution in [0.25, 0.3) is 0 Å². The van der Waals surface area contributed by atoms with Gasteiger partial charge in [0.05, 0.1) is 11.1 Å². The van der Waals surface area contributed by atoms with E-state index in [1.54, 1.807) is 11.3 Å². The van der Waals surface area contributed by atoms with E-state index in [0.717, 1.165) is 35.8 Å². The van der Waals surface area contributed by atoms with E-state index in [4.69, 9.17) is 0 Å². The number of imidazole rings is 1. The summed E-state index contributed by atoms with van der Waals surface area (Å²) in [4.78, 5) is 18.2. The van der Waals surface area contributed by atoms with Gasteiger partial charge in [-0.3, -0.25) is 4.79 Å². The van der Waals surface area contributed by atoms with E-state index in [-0.39, 0.29) is 11.9 Å². The highest BCUT2D eigenvalue weighted by atomic mass is 32.1. The Morgan fingerprint density at radius 2 is 2.33 bits per heavy atom. The maximum Gasteiger partial charge on any atom is 0.231 e. The van der Waals surface area contributed by atoms with Gasteiger partial charge in [-0.1, -0.05) is 6.07 Å². The van der Waals surface area contributed by atoms with Crippen LogP contribution < -0.4 is 5.32 Å². The van der Waals surface area contributed by atoms with E-state index >= 15 is 0 Å². The van der Waals surface area contributed by atoms with Crippen molar-refractivity contribution in [2.75, 3.05) is 0 Å². The number of nitrogens with one attached hydrogen (secondary N) is 1. The number of carbonyl (C=O) groups is 1. The molecule has 1 atom stereocenters. The summed E-state index contributed by atoms with van der Waals surface area (Å²) in [6.45, 7) is 6.81. The molecule has 0 saturated heterocycles. The summed E-state index contributed by atoms with van der Waals surface area (Å²) in [6, 6.07) is 4.22. The Morgan fingerprint density at radius 3 is 3.05 bits per heavy atom. The average molecular weight is 303 g/mol. The summed E-state index contributed by atoms with van der Waals surface area (Å²) in [6.07, 6.45) is 3.96. The van der Waals surface area contributed by atoms with E-state index < -0.39 is 5.41 Å². The minimum atomic E-state index is -0.473. The van der Waals surface area contributed by atoms with Crippen LogP contribution in [0, 0.1) is 6.92 Å². The largest absolute Gasteiger partial charge is 0.351 e. The van der Waals surface area contributed by atoms with Crippen LogP contribution >= 0.6 is 11.3 Å². The summed E-state index contributed by atoms with van der Waals surface area (Å²) < 4.78 is 2.17. The van der Waals surface area contributed by atoms with Gasteiger partial charge in [0.2, 0.25) is 5.91 Å². The molecule has 2 aromatic heterocycles. The van der Waals surface area contributed by atoms with Crippen molar-refractivity contribution in [1.29, 1.82) is 0 Å². The molecule has 1 amide bonds. The highest BCUT2D eigenvalue weighted by Gasteiger charge is 2.33. The third-order valence-electron chi connectivity index (χ3n) is 4.15. The lowest BCUT2D eigenvalue weighted by Gasteiger charge is -2.29. The number of amides is 1. The maximum absolute atomic E-state index is 12.6. The second kappa shape index (κ2) is 5.30. The molecule has 0 radical (unpaired) electrons. The molecule has 112 valence electrons. The molecule has 1 aliphatic rings. The van der Waals surface area contributed by atoms with Gasteiger partial charge in [0.1, 0.15) is 5.82 Å². The predicted octanol–water partition coefficient (Wildman–Crippen LogP) is 2.66. The Morgan fingerprint density at radius 1 is 1.52 bits per heavy atom. The topological polar surface area (TPSA) is 46.9 Å². The quantitative estimate of drug-likeness (QED) is 0.947. The summed E-state index contributed by atoms with van der Waals surface area (Å²) in [5.74, 6) is 1.24. The molecular weight excluding hydrogens is 282 g/mol. The molecule has 0 aliphatic carbocycles. The lowest BCUT2D eigenvalue weighted by Crippen LogP contribution is -2.47. The highest BCUT2D eigenvalue weighted by molar-refractivity contribution is 7.10. The molecule has 0 saturated carbocycles. The second-order valence-electron chi connectivity index (χ2n) is 6.26. The third-order valence-corrected chi connectivity index (χ3v) is 5.35. The maximum atomic E-state index is 12.6. The first kappa shape index (κ1) is 14.3. The Balaban J connectivity index is 1.69. The number of aryl methyl sites for hydroxylation is 2. The highest BCUT2D eigenvalue weighted by Crippen LogP contribution is 2.28. The normalized spacial score (nSPS) is 18.3. The van der Waals surface area contributed by atoms with Crippen molar-refractivity contribution >= 4 is 17.2 Å². The first-order chi connectivity index (χ1) is 9.96. The molecule has 0 fully saturated rings. The van der Waals surface area contributed by atoms with Gasteiger partial charge in [-0.15, -0.1) is 11.3 Å². The zero-order chi connectivity index (χ0) is 15.0. The number of fused-ring (bicyclic) bond motifs is 1. The van der Waals surface area contributed by atoms with E-state index in [0.29, 0.717) is 0 Å². The lowest BCUT2D eigenvalue weighted by molar-refractivity contribution is -0.126. The number of rotatable bonds is 3. The summed E-state index contributed by atoms with van der Waals surface area (Å²) >= 11 is 1.64. The Hall–Kier alpha value is -1.62. The van der Waals surface area contributed by atoms with Crippen LogP contribution in [0.3, 0.4) is 0 Å². The Labute approximate surface area is 129 Å². The van der Waals surface area contributed by atoms with Crippen molar-refractivity contribution in [2.45, 2.75) is 51.6 Å². The predicted molar refractivity (Wildman–Crippen MR) is 84.6 cm³/mol. The van der Waals surface area contributed by atoms with Crippen molar-refractivity contribution in [1.82, 2.24) is 14.9 Å². The molecule has 3 heterocycles. The summed E-state index contributed by atoms with van der Waals surface area (Å²) in [5, 5.41) is 5.24. The number of aromatic nitrogens is 2. The fourth-order valence-corrected chi connectivity index (χ4v) is 3.66. The van der Waals surface area contributed by atoms with Crippen LogP contribution in [0.15, 0.2) is 23.7 Å². The zero-order valence-corrected chi connectivity index (χ0v) is 13.5. The summed E-state index contributed by atoms with van der Waals surface area (Å²) in [7, 11) is 0. The fraction of sp³-hybridized carbons (Fsp3) is 0.500. The molecule has 1 unspecified atom stereocenters. The molecule has 1 N–H and O–H groups in total. The van der Waals surface area contributed by atoms with Crippen molar-refractivity contribution in [2.24, 2.45) is 0 Å². The molecular formula is C16H21N3OS. The van der Waals surface area contributed by atoms with Gasteiger partial charge in [0, 0.05) is 30.1 Å². The average Bonchev–Trinajstić information content (AvgIpc) is 3.06.